The monoisotopic (exact) mass is 330 g/mol. The maximum atomic E-state index is 12.8. The summed E-state index contributed by atoms with van der Waals surface area (Å²) < 4.78 is 5.86. The molecule has 3 heterocycles. The van der Waals surface area contributed by atoms with E-state index in [0.29, 0.717) is 18.0 Å². The average Bonchev–Trinajstić information content (AvgIpc) is 2.62. The largest absolute Gasteiger partial charge is 0.472 e. The number of thioether (sulfide) groups is 1. The molecule has 0 N–H and O–H groups in total. The number of piperidine rings is 1. The lowest BCUT2D eigenvalue weighted by Crippen LogP contribution is -2.44. The van der Waals surface area contributed by atoms with Crippen molar-refractivity contribution in [3.8, 4) is 5.88 Å². The first-order valence-electron chi connectivity index (χ1n) is 7.49. The number of pyridine rings is 1. The van der Waals surface area contributed by atoms with E-state index in [0.717, 1.165) is 24.4 Å². The second-order valence-corrected chi connectivity index (χ2v) is 6.04. The lowest BCUT2D eigenvalue weighted by molar-refractivity contribution is 0.0523. The number of hydrogen-bond acceptors (Lipinski definition) is 6. The zero-order valence-electron chi connectivity index (χ0n) is 12.9. The molecule has 1 atom stereocenters. The van der Waals surface area contributed by atoms with Crippen LogP contribution >= 0.6 is 11.8 Å². The third kappa shape index (κ3) is 3.79. The number of likely N-dealkylation sites (tertiary alicyclic amines) is 1. The molecule has 7 heteroatoms. The smallest absolute Gasteiger partial charge is 0.256 e. The molecule has 1 saturated heterocycles. The van der Waals surface area contributed by atoms with Crippen molar-refractivity contribution in [3.05, 3.63) is 42.5 Å². The third-order valence-corrected chi connectivity index (χ3v) is 4.41. The van der Waals surface area contributed by atoms with Gasteiger partial charge in [-0.1, -0.05) is 0 Å². The lowest BCUT2D eigenvalue weighted by Gasteiger charge is -2.32. The first kappa shape index (κ1) is 15.7. The highest BCUT2D eigenvalue weighted by Gasteiger charge is 2.27. The van der Waals surface area contributed by atoms with Gasteiger partial charge in [-0.15, -0.1) is 11.8 Å². The van der Waals surface area contributed by atoms with Gasteiger partial charge in [0, 0.05) is 25.0 Å². The molecule has 1 amide bonds. The van der Waals surface area contributed by atoms with Gasteiger partial charge in [0.05, 0.1) is 12.1 Å². The summed E-state index contributed by atoms with van der Waals surface area (Å²) in [4.78, 5) is 26.8. The summed E-state index contributed by atoms with van der Waals surface area (Å²) >= 11 is 1.48. The van der Waals surface area contributed by atoms with Gasteiger partial charge in [0.1, 0.15) is 17.5 Å². The highest BCUT2D eigenvalue weighted by Crippen LogP contribution is 2.22. The van der Waals surface area contributed by atoms with Crippen LogP contribution in [-0.4, -0.2) is 51.2 Å². The molecule has 0 spiro atoms. The molecule has 2 aromatic rings. The number of carbonyl (C=O) groups is 1. The number of hydrogen-bond donors (Lipinski definition) is 0. The van der Waals surface area contributed by atoms with Crippen LogP contribution in [0.4, 0.5) is 0 Å². The van der Waals surface area contributed by atoms with E-state index in [-0.39, 0.29) is 12.0 Å². The van der Waals surface area contributed by atoms with Gasteiger partial charge in [-0.25, -0.2) is 15.0 Å². The van der Waals surface area contributed by atoms with Gasteiger partial charge < -0.3 is 9.64 Å². The van der Waals surface area contributed by atoms with Crippen molar-refractivity contribution >= 4 is 17.7 Å². The summed E-state index contributed by atoms with van der Waals surface area (Å²) in [6.07, 6.45) is 8.52. The Hall–Kier alpha value is -2.15. The summed E-state index contributed by atoms with van der Waals surface area (Å²) in [7, 11) is 0. The molecule has 0 saturated carbocycles. The van der Waals surface area contributed by atoms with Crippen LogP contribution in [0.5, 0.6) is 5.88 Å². The van der Waals surface area contributed by atoms with Crippen molar-refractivity contribution in [2.24, 2.45) is 0 Å². The number of ether oxygens (including phenoxy) is 1. The molecule has 3 rings (SSSR count). The molecule has 0 aliphatic carbocycles. The van der Waals surface area contributed by atoms with E-state index in [2.05, 4.69) is 15.0 Å². The van der Waals surface area contributed by atoms with Crippen LogP contribution in [0.25, 0.3) is 0 Å². The van der Waals surface area contributed by atoms with Crippen LogP contribution in [-0.2, 0) is 0 Å². The maximum Gasteiger partial charge on any atom is 0.256 e. The number of nitrogens with zero attached hydrogens (tertiary/aromatic N) is 4. The molecule has 1 unspecified atom stereocenters. The number of carbonyl (C=O) groups excluding carboxylic acids is 1. The molecule has 6 nitrogen and oxygen atoms in total. The Morgan fingerprint density at radius 3 is 3.04 bits per heavy atom. The highest BCUT2D eigenvalue weighted by molar-refractivity contribution is 7.98. The van der Waals surface area contributed by atoms with E-state index in [4.69, 9.17) is 4.74 Å². The van der Waals surface area contributed by atoms with Crippen LogP contribution in [0.15, 0.2) is 41.9 Å². The fraction of sp³-hybridized carbons (Fsp3) is 0.375. The minimum absolute atomic E-state index is 0.0124. The van der Waals surface area contributed by atoms with E-state index in [1.165, 1.54) is 18.1 Å². The Morgan fingerprint density at radius 2 is 2.26 bits per heavy atom. The molecule has 2 aromatic heterocycles. The summed E-state index contributed by atoms with van der Waals surface area (Å²) in [5.41, 5.74) is 0.655. The normalized spacial score (nSPS) is 17.8. The van der Waals surface area contributed by atoms with Crippen LogP contribution in [0.1, 0.15) is 23.2 Å². The van der Waals surface area contributed by atoms with Gasteiger partial charge in [-0.3, -0.25) is 4.79 Å². The second-order valence-electron chi connectivity index (χ2n) is 5.24. The number of amides is 1. The molecule has 1 aliphatic heterocycles. The SMILES string of the molecule is CSc1ncccc1C(=O)N1CCCC(Oc2ccncn2)C1. The Bertz CT molecular complexity index is 668. The molecule has 0 aromatic carbocycles. The van der Waals surface area contributed by atoms with Crippen LogP contribution in [0.3, 0.4) is 0 Å². The predicted molar refractivity (Wildman–Crippen MR) is 87.6 cm³/mol. The first-order chi connectivity index (χ1) is 11.3. The second kappa shape index (κ2) is 7.41. The minimum atomic E-state index is -0.0444. The Balaban J connectivity index is 1.69. The predicted octanol–water partition coefficient (Wildman–Crippen LogP) is 2.28. The average molecular weight is 330 g/mol. The van der Waals surface area contributed by atoms with Gasteiger partial charge in [0.25, 0.3) is 5.91 Å². The van der Waals surface area contributed by atoms with E-state index in [1.807, 2.05) is 17.2 Å². The molecule has 1 fully saturated rings. The van der Waals surface area contributed by atoms with E-state index in [1.54, 1.807) is 24.5 Å². The Labute approximate surface area is 139 Å². The zero-order chi connectivity index (χ0) is 16.1. The lowest BCUT2D eigenvalue weighted by atomic mass is 10.1. The highest BCUT2D eigenvalue weighted by atomic mass is 32.2. The van der Waals surface area contributed by atoms with Crippen LogP contribution in [0.2, 0.25) is 0 Å². The molecule has 1 aliphatic rings. The summed E-state index contributed by atoms with van der Waals surface area (Å²) in [5.74, 6) is 0.559. The number of aromatic nitrogens is 3. The molecular weight excluding hydrogens is 312 g/mol. The third-order valence-electron chi connectivity index (χ3n) is 3.70. The van der Waals surface area contributed by atoms with E-state index < -0.39 is 0 Å². The van der Waals surface area contributed by atoms with Crippen molar-refractivity contribution in [2.75, 3.05) is 19.3 Å². The Morgan fingerprint density at radius 1 is 1.35 bits per heavy atom. The van der Waals surface area contributed by atoms with Crippen molar-refractivity contribution in [3.63, 3.8) is 0 Å². The van der Waals surface area contributed by atoms with E-state index >= 15 is 0 Å². The van der Waals surface area contributed by atoms with Gasteiger partial charge >= 0.3 is 0 Å². The van der Waals surface area contributed by atoms with Crippen LogP contribution < -0.4 is 4.74 Å². The minimum Gasteiger partial charge on any atom is -0.472 e. The van der Waals surface area contributed by atoms with Crippen molar-refractivity contribution < 1.29 is 9.53 Å². The van der Waals surface area contributed by atoms with E-state index in [9.17, 15) is 4.79 Å². The fourth-order valence-electron chi connectivity index (χ4n) is 2.62. The van der Waals surface area contributed by atoms with Gasteiger partial charge in [-0.2, -0.15) is 0 Å². The molecular formula is C16H18N4O2S. The van der Waals surface area contributed by atoms with Crippen molar-refractivity contribution in [1.82, 2.24) is 19.9 Å². The zero-order valence-corrected chi connectivity index (χ0v) is 13.7. The molecule has 23 heavy (non-hydrogen) atoms. The Kier molecular flexibility index (Phi) is 5.07. The summed E-state index contributed by atoms with van der Waals surface area (Å²) in [5, 5.41) is 0.761. The first-order valence-corrected chi connectivity index (χ1v) is 8.71. The number of rotatable bonds is 4. The van der Waals surface area contributed by atoms with Crippen LogP contribution in [0, 0.1) is 0 Å². The van der Waals surface area contributed by atoms with Gasteiger partial charge in [0.2, 0.25) is 5.88 Å². The maximum absolute atomic E-state index is 12.8. The summed E-state index contributed by atoms with van der Waals surface area (Å²) in [6.45, 7) is 1.30. The summed E-state index contributed by atoms with van der Waals surface area (Å²) in [6, 6.07) is 5.36. The van der Waals surface area contributed by atoms with Gasteiger partial charge in [-0.05, 0) is 31.2 Å². The quantitative estimate of drug-likeness (QED) is 0.801. The van der Waals surface area contributed by atoms with Crippen molar-refractivity contribution in [2.45, 2.75) is 24.0 Å². The molecule has 0 radical (unpaired) electrons. The molecule has 120 valence electrons. The topological polar surface area (TPSA) is 68.2 Å². The molecule has 0 bridgehead atoms. The fourth-order valence-corrected chi connectivity index (χ4v) is 3.17. The van der Waals surface area contributed by atoms with Crippen molar-refractivity contribution in [1.29, 1.82) is 0 Å². The standard InChI is InChI=1S/C16H18N4O2S/c1-23-15-13(5-2-7-18-15)16(21)20-9-3-4-12(10-20)22-14-6-8-17-11-19-14/h2,5-8,11-12H,3-4,9-10H2,1H3. The van der Waals surface area contributed by atoms with Gasteiger partial charge in [0.15, 0.2) is 0 Å².